The van der Waals surface area contributed by atoms with E-state index in [1.807, 2.05) is 0 Å². The topological polar surface area (TPSA) is 92.3 Å². The normalized spacial score (nSPS) is 14.6. The zero-order chi connectivity index (χ0) is 20.0. The maximum absolute atomic E-state index is 12.5. The second-order valence-corrected chi connectivity index (χ2v) is 9.01. The highest BCUT2D eigenvalue weighted by Gasteiger charge is 2.22. The lowest BCUT2D eigenvalue weighted by Gasteiger charge is -2.11. The minimum atomic E-state index is -3.46. The monoisotopic (exact) mass is 400 g/mol. The number of hydrogen-bond donors (Lipinski definition) is 2. The molecule has 0 saturated heterocycles. The second kappa shape index (κ2) is 9.01. The van der Waals surface area contributed by atoms with E-state index in [1.54, 1.807) is 54.6 Å². The first-order valence-corrected chi connectivity index (χ1v) is 11.0. The van der Waals surface area contributed by atoms with Crippen molar-refractivity contribution in [1.29, 1.82) is 0 Å². The van der Waals surface area contributed by atoms with E-state index in [0.29, 0.717) is 11.3 Å². The Bertz CT molecular complexity index is 936. The Morgan fingerprint density at radius 3 is 2.39 bits per heavy atom. The fourth-order valence-corrected chi connectivity index (χ4v) is 4.73. The quantitative estimate of drug-likeness (QED) is 0.747. The predicted octanol–water partition coefficient (Wildman–Crippen LogP) is 2.91. The van der Waals surface area contributed by atoms with Crippen molar-refractivity contribution in [3.8, 4) is 0 Å². The van der Waals surface area contributed by atoms with Crippen LogP contribution >= 0.6 is 0 Å². The molecule has 6 nitrogen and oxygen atoms in total. The fourth-order valence-electron chi connectivity index (χ4n) is 3.37. The molecule has 0 radical (unpaired) electrons. The van der Waals surface area contributed by atoms with Gasteiger partial charge >= 0.3 is 0 Å². The molecule has 2 amide bonds. The number of benzene rings is 2. The van der Waals surface area contributed by atoms with Crippen LogP contribution in [0.2, 0.25) is 0 Å². The van der Waals surface area contributed by atoms with Gasteiger partial charge in [-0.05, 0) is 42.7 Å². The maximum Gasteiger partial charge on any atom is 0.243 e. The summed E-state index contributed by atoms with van der Waals surface area (Å²) in [4.78, 5) is 24.4. The summed E-state index contributed by atoms with van der Waals surface area (Å²) in [6.07, 6.45) is 3.88. The van der Waals surface area contributed by atoms with Crippen molar-refractivity contribution in [2.45, 2.75) is 36.3 Å². The second-order valence-electron chi connectivity index (χ2n) is 7.02. The van der Waals surface area contributed by atoms with E-state index in [-0.39, 0.29) is 34.9 Å². The summed E-state index contributed by atoms with van der Waals surface area (Å²) in [5.41, 5.74) is 1.08. The highest BCUT2D eigenvalue weighted by atomic mass is 32.2. The molecule has 28 heavy (non-hydrogen) atoms. The SMILES string of the molecule is O=C(CNC(=O)C1CCCC1)Nc1cccc(CS(=O)(=O)c2ccccc2)c1. The molecule has 2 aromatic rings. The van der Waals surface area contributed by atoms with Crippen molar-refractivity contribution < 1.29 is 18.0 Å². The Morgan fingerprint density at radius 1 is 0.964 bits per heavy atom. The first kappa shape index (κ1) is 20.1. The van der Waals surface area contributed by atoms with Crippen LogP contribution in [-0.4, -0.2) is 26.8 Å². The molecule has 3 rings (SSSR count). The van der Waals surface area contributed by atoms with Crippen molar-refractivity contribution in [3.05, 3.63) is 60.2 Å². The van der Waals surface area contributed by atoms with Crippen LogP contribution in [0.5, 0.6) is 0 Å². The average Bonchev–Trinajstić information content (AvgIpc) is 3.22. The molecule has 0 aliphatic heterocycles. The third-order valence-corrected chi connectivity index (χ3v) is 6.52. The van der Waals surface area contributed by atoms with Gasteiger partial charge in [0.2, 0.25) is 11.8 Å². The molecule has 1 fully saturated rings. The zero-order valence-corrected chi connectivity index (χ0v) is 16.4. The highest BCUT2D eigenvalue weighted by Crippen LogP contribution is 2.24. The van der Waals surface area contributed by atoms with Gasteiger partial charge in [-0.25, -0.2) is 8.42 Å². The highest BCUT2D eigenvalue weighted by molar-refractivity contribution is 7.90. The zero-order valence-electron chi connectivity index (χ0n) is 15.6. The molecule has 1 saturated carbocycles. The summed E-state index contributed by atoms with van der Waals surface area (Å²) in [6, 6.07) is 15.0. The number of amides is 2. The molecular weight excluding hydrogens is 376 g/mol. The Kier molecular flexibility index (Phi) is 6.46. The summed E-state index contributed by atoms with van der Waals surface area (Å²) in [6.45, 7) is -0.0954. The van der Waals surface area contributed by atoms with Crippen molar-refractivity contribution >= 4 is 27.3 Å². The van der Waals surface area contributed by atoms with Crippen molar-refractivity contribution in [1.82, 2.24) is 5.32 Å². The fraction of sp³-hybridized carbons (Fsp3) is 0.333. The van der Waals surface area contributed by atoms with E-state index in [2.05, 4.69) is 10.6 Å². The van der Waals surface area contributed by atoms with Crippen molar-refractivity contribution in [2.24, 2.45) is 5.92 Å². The lowest BCUT2D eigenvalue weighted by Crippen LogP contribution is -2.36. The van der Waals surface area contributed by atoms with Gasteiger partial charge in [-0.15, -0.1) is 0 Å². The summed E-state index contributed by atoms with van der Waals surface area (Å²) in [5.74, 6) is -0.553. The number of anilines is 1. The Labute approximate surface area is 165 Å². The van der Waals surface area contributed by atoms with E-state index in [4.69, 9.17) is 0 Å². The van der Waals surface area contributed by atoms with Gasteiger partial charge in [0.25, 0.3) is 0 Å². The van der Waals surface area contributed by atoms with Crippen LogP contribution in [0.25, 0.3) is 0 Å². The van der Waals surface area contributed by atoms with Gasteiger partial charge in [-0.1, -0.05) is 43.2 Å². The number of rotatable bonds is 7. The van der Waals surface area contributed by atoms with Crippen LogP contribution in [0.1, 0.15) is 31.2 Å². The van der Waals surface area contributed by atoms with E-state index in [0.717, 1.165) is 25.7 Å². The molecule has 148 valence electrons. The minimum Gasteiger partial charge on any atom is -0.347 e. The Hall–Kier alpha value is -2.67. The minimum absolute atomic E-state index is 0.0133. The van der Waals surface area contributed by atoms with Crippen LogP contribution < -0.4 is 10.6 Å². The maximum atomic E-state index is 12.5. The van der Waals surface area contributed by atoms with Gasteiger partial charge in [0, 0.05) is 11.6 Å². The smallest absolute Gasteiger partial charge is 0.243 e. The van der Waals surface area contributed by atoms with Crippen molar-refractivity contribution in [3.63, 3.8) is 0 Å². The van der Waals surface area contributed by atoms with Crippen LogP contribution in [-0.2, 0) is 25.2 Å². The van der Waals surface area contributed by atoms with Crippen LogP contribution in [0, 0.1) is 5.92 Å². The van der Waals surface area contributed by atoms with Gasteiger partial charge in [0.15, 0.2) is 9.84 Å². The first-order valence-electron chi connectivity index (χ1n) is 9.38. The van der Waals surface area contributed by atoms with Gasteiger partial charge in [0.05, 0.1) is 17.2 Å². The van der Waals surface area contributed by atoms with Gasteiger partial charge in [0.1, 0.15) is 0 Å². The number of carbonyl (C=O) groups is 2. The molecule has 0 unspecified atom stereocenters. The first-order chi connectivity index (χ1) is 13.4. The lowest BCUT2D eigenvalue weighted by atomic mass is 10.1. The molecule has 1 aliphatic carbocycles. The molecule has 1 aliphatic rings. The van der Waals surface area contributed by atoms with Gasteiger partial charge in [-0.2, -0.15) is 0 Å². The van der Waals surface area contributed by atoms with Gasteiger partial charge < -0.3 is 10.6 Å². The van der Waals surface area contributed by atoms with E-state index >= 15 is 0 Å². The van der Waals surface area contributed by atoms with E-state index < -0.39 is 9.84 Å². The molecule has 7 heteroatoms. The van der Waals surface area contributed by atoms with Crippen molar-refractivity contribution in [2.75, 3.05) is 11.9 Å². The third kappa shape index (κ3) is 5.42. The van der Waals surface area contributed by atoms with E-state index in [1.165, 1.54) is 0 Å². The Morgan fingerprint density at radius 2 is 1.68 bits per heavy atom. The number of nitrogens with one attached hydrogen (secondary N) is 2. The van der Waals surface area contributed by atoms with Gasteiger partial charge in [-0.3, -0.25) is 9.59 Å². The lowest BCUT2D eigenvalue weighted by molar-refractivity contribution is -0.127. The molecule has 2 aromatic carbocycles. The standard InChI is InChI=1S/C21H24N2O4S/c24-20(14-22-21(25)17-8-4-5-9-17)23-18-10-6-7-16(13-18)15-28(26,27)19-11-2-1-3-12-19/h1-3,6-7,10-13,17H,4-5,8-9,14-15H2,(H,22,25)(H,23,24). The Balaban J connectivity index is 1.57. The molecule has 0 bridgehead atoms. The predicted molar refractivity (Wildman–Crippen MR) is 107 cm³/mol. The van der Waals surface area contributed by atoms with Crippen LogP contribution in [0.15, 0.2) is 59.5 Å². The number of carbonyl (C=O) groups excluding carboxylic acids is 2. The van der Waals surface area contributed by atoms with E-state index in [9.17, 15) is 18.0 Å². The third-order valence-electron chi connectivity index (χ3n) is 4.82. The summed E-state index contributed by atoms with van der Waals surface area (Å²) < 4.78 is 25.0. The summed E-state index contributed by atoms with van der Waals surface area (Å²) in [7, 11) is -3.46. The molecule has 0 spiro atoms. The molecule has 2 N–H and O–H groups in total. The van der Waals surface area contributed by atoms with Crippen LogP contribution in [0.4, 0.5) is 5.69 Å². The largest absolute Gasteiger partial charge is 0.347 e. The molecular formula is C21H24N2O4S. The molecule has 0 atom stereocenters. The molecule has 0 aromatic heterocycles. The summed E-state index contributed by atoms with van der Waals surface area (Å²) in [5, 5.41) is 5.38. The summed E-state index contributed by atoms with van der Waals surface area (Å²) >= 11 is 0. The average molecular weight is 401 g/mol. The van der Waals surface area contributed by atoms with Crippen LogP contribution in [0.3, 0.4) is 0 Å². The molecule has 0 heterocycles. The number of hydrogen-bond acceptors (Lipinski definition) is 4. The number of sulfone groups is 1.